The van der Waals surface area contributed by atoms with Crippen molar-refractivity contribution in [3.05, 3.63) is 77.6 Å². The number of rotatable bonds is 4. The molecule has 29 heavy (non-hydrogen) atoms. The third-order valence-corrected chi connectivity index (χ3v) is 5.24. The third-order valence-electron chi connectivity index (χ3n) is 5.24. The molecule has 0 aliphatic carbocycles. The summed E-state index contributed by atoms with van der Waals surface area (Å²) in [6.07, 6.45) is 0.923. The molecule has 2 aromatic carbocycles. The van der Waals surface area contributed by atoms with Crippen LogP contribution in [0.3, 0.4) is 0 Å². The van der Waals surface area contributed by atoms with E-state index in [-0.39, 0.29) is 17.7 Å². The molecule has 0 aromatic heterocycles. The Bertz CT molecular complexity index is 1000. The van der Waals surface area contributed by atoms with Gasteiger partial charge < -0.3 is 9.64 Å². The fraction of sp³-hybridized carbons (Fsp3) is 0.227. The van der Waals surface area contributed by atoms with Gasteiger partial charge in [0, 0.05) is 18.7 Å². The molecule has 3 amide bonds. The van der Waals surface area contributed by atoms with Crippen LogP contribution < -0.4 is 0 Å². The highest BCUT2D eigenvalue weighted by atomic mass is 19.1. The number of hydrogen-bond donors (Lipinski definition) is 0. The van der Waals surface area contributed by atoms with E-state index in [1.807, 2.05) is 30.3 Å². The van der Waals surface area contributed by atoms with E-state index in [1.54, 1.807) is 6.07 Å². The smallest absolute Gasteiger partial charge is 0.417 e. The minimum Gasteiger partial charge on any atom is -0.447 e. The molecule has 148 valence electrons. The molecule has 0 radical (unpaired) electrons. The topological polar surface area (TPSA) is 66.9 Å². The van der Waals surface area contributed by atoms with Crippen molar-refractivity contribution in [2.24, 2.45) is 0 Å². The molecule has 0 spiro atoms. The second-order valence-corrected chi connectivity index (χ2v) is 7.06. The van der Waals surface area contributed by atoms with Crippen molar-refractivity contribution in [2.75, 3.05) is 13.7 Å². The van der Waals surface area contributed by atoms with Crippen LogP contribution in [0.2, 0.25) is 0 Å². The molecular weight excluding hydrogens is 375 g/mol. The summed E-state index contributed by atoms with van der Waals surface area (Å²) < 4.78 is 19.5. The van der Waals surface area contributed by atoms with Crippen LogP contribution in [-0.4, -0.2) is 53.4 Å². The van der Waals surface area contributed by atoms with Gasteiger partial charge in [0.05, 0.1) is 6.04 Å². The van der Waals surface area contributed by atoms with Crippen LogP contribution in [0.25, 0.3) is 5.57 Å². The number of amides is 3. The Hall–Kier alpha value is -3.48. The Morgan fingerprint density at radius 2 is 1.79 bits per heavy atom. The summed E-state index contributed by atoms with van der Waals surface area (Å²) in [5, 5.41) is 0. The van der Waals surface area contributed by atoms with Gasteiger partial charge in [-0.15, -0.1) is 0 Å². The first kappa shape index (κ1) is 18.9. The second-order valence-electron chi connectivity index (χ2n) is 7.06. The van der Waals surface area contributed by atoms with Crippen LogP contribution >= 0.6 is 0 Å². The summed E-state index contributed by atoms with van der Waals surface area (Å²) in [5.41, 5.74) is 1.35. The van der Waals surface area contributed by atoms with Gasteiger partial charge in [0.25, 0.3) is 5.91 Å². The number of likely N-dealkylation sites (N-methyl/N-ethyl adjacent to an activating group) is 1. The first-order chi connectivity index (χ1) is 14.0. The highest BCUT2D eigenvalue weighted by molar-refractivity contribution is 6.13. The lowest BCUT2D eigenvalue weighted by molar-refractivity contribution is -0.137. The molecule has 0 N–H and O–H groups in total. The molecule has 0 bridgehead atoms. The quantitative estimate of drug-likeness (QED) is 0.800. The van der Waals surface area contributed by atoms with E-state index in [2.05, 4.69) is 0 Å². The number of hydrogen-bond acceptors (Lipinski definition) is 4. The molecule has 1 saturated heterocycles. The van der Waals surface area contributed by atoms with Crippen LogP contribution in [0, 0.1) is 5.82 Å². The highest BCUT2D eigenvalue weighted by Crippen LogP contribution is 2.32. The first-order valence-electron chi connectivity index (χ1n) is 9.24. The van der Waals surface area contributed by atoms with Crippen molar-refractivity contribution in [3.8, 4) is 0 Å². The first-order valence-corrected chi connectivity index (χ1v) is 9.24. The van der Waals surface area contributed by atoms with E-state index in [0.29, 0.717) is 6.42 Å². The van der Waals surface area contributed by atoms with Gasteiger partial charge in [0.2, 0.25) is 5.91 Å². The molecule has 2 aromatic rings. The fourth-order valence-corrected chi connectivity index (χ4v) is 3.77. The normalized spacial score (nSPS) is 21.4. The minimum absolute atomic E-state index is 0.0720. The molecule has 2 aliphatic rings. The zero-order valence-electron chi connectivity index (χ0n) is 15.7. The van der Waals surface area contributed by atoms with Gasteiger partial charge in [-0.1, -0.05) is 48.5 Å². The van der Waals surface area contributed by atoms with Crippen LogP contribution in [-0.2, 0) is 20.7 Å². The Morgan fingerprint density at radius 3 is 2.52 bits per heavy atom. The van der Waals surface area contributed by atoms with Crippen LogP contribution in [0.5, 0.6) is 0 Å². The van der Waals surface area contributed by atoms with Crippen molar-refractivity contribution >= 4 is 23.5 Å². The average Bonchev–Trinajstić information content (AvgIpc) is 3.22. The lowest BCUT2D eigenvalue weighted by atomic mass is 9.97. The van der Waals surface area contributed by atoms with Crippen molar-refractivity contribution < 1.29 is 23.5 Å². The minimum atomic E-state index is -1.09. The van der Waals surface area contributed by atoms with Gasteiger partial charge in [0.15, 0.2) is 0 Å². The van der Waals surface area contributed by atoms with Crippen LogP contribution in [0.1, 0.15) is 11.1 Å². The van der Waals surface area contributed by atoms with Crippen molar-refractivity contribution in [3.63, 3.8) is 0 Å². The molecule has 6 nitrogen and oxygen atoms in total. The van der Waals surface area contributed by atoms with Crippen molar-refractivity contribution in [1.82, 2.24) is 9.80 Å². The number of ether oxygens (including phenoxy) is 1. The number of benzene rings is 2. The predicted octanol–water partition coefficient (Wildman–Crippen LogP) is 2.64. The van der Waals surface area contributed by atoms with Gasteiger partial charge >= 0.3 is 6.09 Å². The number of cyclic esters (lactones) is 1. The predicted molar refractivity (Wildman–Crippen MR) is 103 cm³/mol. The number of carbonyl (C=O) groups is 3. The summed E-state index contributed by atoms with van der Waals surface area (Å²) in [6.45, 7) is 0.0720. The van der Waals surface area contributed by atoms with E-state index in [9.17, 15) is 18.8 Å². The Labute approximate surface area is 167 Å². The van der Waals surface area contributed by atoms with Gasteiger partial charge in [0.1, 0.15) is 18.5 Å². The molecule has 2 aliphatic heterocycles. The third kappa shape index (κ3) is 3.40. The SMILES string of the molecule is CN1C(=O)C=C(c2ccccc2F)[C@@H]1C(=O)N1C(=O)OC[C@@H]1Cc1ccccc1. The summed E-state index contributed by atoms with van der Waals surface area (Å²) in [7, 11) is 1.46. The Kier molecular flexibility index (Phi) is 4.88. The lowest BCUT2D eigenvalue weighted by Gasteiger charge is -2.28. The summed E-state index contributed by atoms with van der Waals surface area (Å²) >= 11 is 0. The largest absolute Gasteiger partial charge is 0.447 e. The van der Waals surface area contributed by atoms with E-state index in [4.69, 9.17) is 4.74 Å². The van der Waals surface area contributed by atoms with Crippen LogP contribution in [0.15, 0.2) is 60.7 Å². The van der Waals surface area contributed by atoms with Crippen molar-refractivity contribution in [2.45, 2.75) is 18.5 Å². The standard InChI is InChI=1S/C22H19FN2O4/c1-24-19(26)12-17(16-9-5-6-10-18(16)23)20(24)21(27)25-15(13-29-22(25)28)11-14-7-3-2-4-8-14/h2-10,12,15,20H,11,13H2,1H3/t15-,20+/m0/s1. The van der Waals surface area contributed by atoms with Gasteiger partial charge in [-0.05, 0) is 23.6 Å². The maximum atomic E-state index is 14.4. The van der Waals surface area contributed by atoms with Gasteiger partial charge in [-0.3, -0.25) is 9.59 Å². The number of imide groups is 1. The molecule has 4 rings (SSSR count). The molecular formula is C22H19FN2O4. The van der Waals surface area contributed by atoms with Crippen LogP contribution in [0.4, 0.5) is 9.18 Å². The lowest BCUT2D eigenvalue weighted by Crippen LogP contribution is -2.50. The molecule has 0 unspecified atom stereocenters. The fourth-order valence-electron chi connectivity index (χ4n) is 3.77. The number of halogens is 1. The summed E-state index contributed by atoms with van der Waals surface area (Å²) in [4.78, 5) is 40.3. The molecule has 0 saturated carbocycles. The number of nitrogens with zero attached hydrogens (tertiary/aromatic N) is 2. The second kappa shape index (κ2) is 7.50. The Balaban J connectivity index is 1.65. The zero-order chi connectivity index (χ0) is 20.5. The monoisotopic (exact) mass is 394 g/mol. The Morgan fingerprint density at radius 1 is 1.10 bits per heavy atom. The highest BCUT2D eigenvalue weighted by Gasteiger charge is 2.46. The number of carbonyl (C=O) groups excluding carboxylic acids is 3. The summed E-state index contributed by atoms with van der Waals surface area (Å²) in [6, 6.07) is 13.8. The van der Waals surface area contributed by atoms with Gasteiger partial charge in [-0.25, -0.2) is 14.1 Å². The van der Waals surface area contributed by atoms with Crippen molar-refractivity contribution in [1.29, 1.82) is 0 Å². The van der Waals surface area contributed by atoms with E-state index in [0.717, 1.165) is 10.5 Å². The molecule has 1 fully saturated rings. The molecule has 7 heteroatoms. The maximum Gasteiger partial charge on any atom is 0.417 e. The van der Waals surface area contributed by atoms with Gasteiger partial charge in [-0.2, -0.15) is 0 Å². The van der Waals surface area contributed by atoms with E-state index >= 15 is 0 Å². The van der Waals surface area contributed by atoms with E-state index in [1.165, 1.54) is 36.2 Å². The molecule has 2 atom stereocenters. The zero-order valence-corrected chi connectivity index (χ0v) is 15.7. The average molecular weight is 394 g/mol. The maximum absolute atomic E-state index is 14.4. The van der Waals surface area contributed by atoms with E-state index < -0.39 is 35.8 Å². The summed E-state index contributed by atoms with van der Waals surface area (Å²) in [5.74, 6) is -1.56. The molecule has 2 heterocycles.